The molecule has 3 N–H and O–H groups in total. The molecule has 0 bridgehead atoms. The summed E-state index contributed by atoms with van der Waals surface area (Å²) in [6.45, 7) is 7.34. The Kier molecular flexibility index (Phi) is 9.34. The predicted molar refractivity (Wildman–Crippen MR) is 117 cm³/mol. The summed E-state index contributed by atoms with van der Waals surface area (Å²) in [5.74, 6) is 1.72. The summed E-state index contributed by atoms with van der Waals surface area (Å²) in [4.78, 5) is 7.09. The first kappa shape index (κ1) is 22.4. The van der Waals surface area contributed by atoms with Gasteiger partial charge in [-0.05, 0) is 45.0 Å². The molecule has 2 aliphatic heterocycles. The molecule has 8 heteroatoms. The molecule has 2 fully saturated rings. The number of aliphatic hydroxyl groups is 1. The van der Waals surface area contributed by atoms with E-state index in [0.29, 0.717) is 32.6 Å². The Balaban J connectivity index is 0.00000261. The number of nitrogens with one attached hydrogen (secondary N) is 2. The van der Waals surface area contributed by atoms with Crippen molar-refractivity contribution in [1.82, 2.24) is 15.5 Å². The molecule has 0 aliphatic carbocycles. The molecule has 0 radical (unpaired) electrons. The second-order valence-corrected chi connectivity index (χ2v) is 7.19. The van der Waals surface area contributed by atoms with Gasteiger partial charge in [0.15, 0.2) is 5.96 Å². The molecule has 2 saturated heterocycles. The first-order chi connectivity index (χ1) is 12.7. The van der Waals surface area contributed by atoms with Crippen LogP contribution in [-0.4, -0.2) is 67.5 Å². The number of guanidine groups is 1. The molecule has 0 amide bonds. The summed E-state index contributed by atoms with van der Waals surface area (Å²) in [5, 5.41) is 17.3. The molecule has 2 aliphatic rings. The Bertz CT molecular complexity index is 555. The fourth-order valence-electron chi connectivity index (χ4n) is 3.61. The van der Waals surface area contributed by atoms with Gasteiger partial charge in [-0.15, -0.1) is 24.0 Å². The Hall–Kier alpha value is -0.840. The van der Waals surface area contributed by atoms with Crippen molar-refractivity contribution in [2.45, 2.75) is 44.2 Å². The van der Waals surface area contributed by atoms with Crippen molar-refractivity contribution in [3.8, 4) is 0 Å². The maximum atomic E-state index is 10.6. The van der Waals surface area contributed by atoms with E-state index < -0.39 is 5.60 Å². The van der Waals surface area contributed by atoms with Crippen molar-refractivity contribution >= 4 is 29.9 Å². The summed E-state index contributed by atoms with van der Waals surface area (Å²) in [6.07, 6.45) is 5.48. The standard InChI is InChI=1S/C19H32N4O3.HI/c1-2-20-18(22-15-19(24)7-12-25-13-8-19)21-14-16(17-6-5-11-26-17)23-9-3-4-10-23;/h5-6,11,16,24H,2-4,7-10,12-15H2,1H3,(H2,20,21,22);1H. The van der Waals surface area contributed by atoms with Crippen LogP contribution in [0.15, 0.2) is 27.8 Å². The van der Waals surface area contributed by atoms with Crippen LogP contribution in [0.5, 0.6) is 0 Å². The van der Waals surface area contributed by atoms with Gasteiger partial charge in [-0.2, -0.15) is 0 Å². The molecule has 1 atom stereocenters. The SMILES string of the molecule is CCNC(=NCC1(O)CCOCC1)NCC(c1ccco1)N1CCCC1.I. The van der Waals surface area contributed by atoms with Gasteiger partial charge in [-0.3, -0.25) is 9.89 Å². The van der Waals surface area contributed by atoms with E-state index in [9.17, 15) is 5.11 Å². The van der Waals surface area contributed by atoms with E-state index in [1.54, 1.807) is 6.26 Å². The van der Waals surface area contributed by atoms with Crippen LogP contribution in [-0.2, 0) is 4.74 Å². The Morgan fingerprint density at radius 2 is 2.04 bits per heavy atom. The van der Waals surface area contributed by atoms with E-state index in [0.717, 1.165) is 37.9 Å². The number of furan rings is 1. The summed E-state index contributed by atoms with van der Waals surface area (Å²) in [5.41, 5.74) is -0.754. The van der Waals surface area contributed by atoms with Gasteiger partial charge in [-0.1, -0.05) is 0 Å². The van der Waals surface area contributed by atoms with Crippen molar-refractivity contribution in [1.29, 1.82) is 0 Å². The molecule has 0 spiro atoms. The maximum absolute atomic E-state index is 10.6. The third kappa shape index (κ3) is 6.62. The number of hydrogen-bond donors (Lipinski definition) is 3. The normalized spacial score (nSPS) is 21.5. The lowest BCUT2D eigenvalue weighted by molar-refractivity contribution is -0.0566. The largest absolute Gasteiger partial charge is 0.468 e. The van der Waals surface area contributed by atoms with Crippen molar-refractivity contribution < 1.29 is 14.3 Å². The minimum atomic E-state index is -0.754. The number of halogens is 1. The van der Waals surface area contributed by atoms with Gasteiger partial charge in [0.05, 0.1) is 24.5 Å². The molecule has 1 aromatic heterocycles. The van der Waals surface area contributed by atoms with Crippen LogP contribution in [0.4, 0.5) is 0 Å². The van der Waals surface area contributed by atoms with E-state index in [1.165, 1.54) is 12.8 Å². The molecular formula is C19H33IN4O3. The highest BCUT2D eigenvalue weighted by molar-refractivity contribution is 14.0. The lowest BCUT2D eigenvalue weighted by atomic mass is 9.95. The third-order valence-corrected chi connectivity index (χ3v) is 5.22. The third-order valence-electron chi connectivity index (χ3n) is 5.22. The molecule has 1 unspecified atom stereocenters. The maximum Gasteiger partial charge on any atom is 0.191 e. The minimum Gasteiger partial charge on any atom is -0.468 e. The monoisotopic (exact) mass is 492 g/mol. The molecule has 3 heterocycles. The Labute approximate surface area is 178 Å². The molecule has 27 heavy (non-hydrogen) atoms. The molecular weight excluding hydrogens is 459 g/mol. The van der Waals surface area contributed by atoms with E-state index in [1.807, 2.05) is 19.1 Å². The predicted octanol–water partition coefficient (Wildman–Crippen LogP) is 2.13. The quantitative estimate of drug-likeness (QED) is 0.308. The second kappa shape index (κ2) is 11.2. The summed E-state index contributed by atoms with van der Waals surface area (Å²) >= 11 is 0. The summed E-state index contributed by atoms with van der Waals surface area (Å²) in [6, 6.07) is 4.18. The van der Waals surface area contributed by atoms with Gasteiger partial charge in [0.25, 0.3) is 0 Å². The number of hydrogen-bond acceptors (Lipinski definition) is 5. The van der Waals surface area contributed by atoms with Gasteiger partial charge < -0.3 is 24.9 Å². The highest BCUT2D eigenvalue weighted by Crippen LogP contribution is 2.25. The Morgan fingerprint density at radius 1 is 1.30 bits per heavy atom. The summed E-state index contributed by atoms with van der Waals surface area (Å²) in [7, 11) is 0. The fraction of sp³-hybridized carbons (Fsp3) is 0.737. The van der Waals surface area contributed by atoms with Gasteiger partial charge >= 0.3 is 0 Å². The summed E-state index contributed by atoms with van der Waals surface area (Å²) < 4.78 is 11.0. The molecule has 0 aromatic carbocycles. The van der Waals surface area contributed by atoms with Crippen LogP contribution in [0.3, 0.4) is 0 Å². The van der Waals surface area contributed by atoms with Crippen molar-refractivity contribution in [2.24, 2.45) is 4.99 Å². The average Bonchev–Trinajstić information content (AvgIpc) is 3.35. The number of rotatable bonds is 7. The lowest BCUT2D eigenvalue weighted by Gasteiger charge is -2.31. The van der Waals surface area contributed by atoms with E-state index in [2.05, 4.69) is 20.5 Å². The topological polar surface area (TPSA) is 82.3 Å². The van der Waals surface area contributed by atoms with Crippen molar-refractivity contribution in [2.75, 3.05) is 45.9 Å². The van der Waals surface area contributed by atoms with Crippen molar-refractivity contribution in [3.05, 3.63) is 24.2 Å². The minimum absolute atomic E-state index is 0. The van der Waals surface area contributed by atoms with Gasteiger partial charge in [-0.25, -0.2) is 0 Å². The van der Waals surface area contributed by atoms with E-state index in [-0.39, 0.29) is 30.0 Å². The van der Waals surface area contributed by atoms with Crippen molar-refractivity contribution in [3.63, 3.8) is 0 Å². The highest BCUT2D eigenvalue weighted by atomic mass is 127. The van der Waals surface area contributed by atoms with Crippen LogP contribution in [0.25, 0.3) is 0 Å². The number of likely N-dealkylation sites (tertiary alicyclic amines) is 1. The first-order valence-electron chi connectivity index (χ1n) is 9.80. The fourth-order valence-corrected chi connectivity index (χ4v) is 3.61. The zero-order chi connectivity index (χ0) is 18.2. The van der Waals surface area contributed by atoms with Crippen LogP contribution in [0.1, 0.15) is 44.4 Å². The smallest absolute Gasteiger partial charge is 0.191 e. The number of aliphatic imine (C=N–C) groups is 1. The number of ether oxygens (including phenoxy) is 1. The van der Waals surface area contributed by atoms with Gasteiger partial charge in [0.2, 0.25) is 0 Å². The van der Waals surface area contributed by atoms with Crippen LogP contribution < -0.4 is 10.6 Å². The molecule has 1 aromatic rings. The zero-order valence-electron chi connectivity index (χ0n) is 16.2. The van der Waals surface area contributed by atoms with Gasteiger partial charge in [0, 0.05) is 39.1 Å². The Morgan fingerprint density at radius 3 is 2.67 bits per heavy atom. The lowest BCUT2D eigenvalue weighted by Crippen LogP contribution is -2.44. The van der Waals surface area contributed by atoms with E-state index in [4.69, 9.17) is 9.15 Å². The highest BCUT2D eigenvalue weighted by Gasteiger charge is 2.30. The van der Waals surface area contributed by atoms with Crippen LogP contribution >= 0.6 is 24.0 Å². The number of nitrogens with zero attached hydrogens (tertiary/aromatic N) is 2. The second-order valence-electron chi connectivity index (χ2n) is 7.19. The first-order valence-corrected chi connectivity index (χ1v) is 9.80. The van der Waals surface area contributed by atoms with Crippen LogP contribution in [0.2, 0.25) is 0 Å². The molecule has 7 nitrogen and oxygen atoms in total. The molecule has 0 saturated carbocycles. The van der Waals surface area contributed by atoms with Gasteiger partial charge in [0.1, 0.15) is 5.76 Å². The van der Waals surface area contributed by atoms with E-state index >= 15 is 0 Å². The molecule has 154 valence electrons. The van der Waals surface area contributed by atoms with Crippen LogP contribution in [0, 0.1) is 0 Å². The molecule has 3 rings (SSSR count). The zero-order valence-corrected chi connectivity index (χ0v) is 18.5. The average molecular weight is 492 g/mol.